The van der Waals surface area contributed by atoms with Gasteiger partial charge in [-0.3, -0.25) is 9.69 Å². The molecular weight excluding hydrogens is 304 g/mol. The van der Waals surface area contributed by atoms with Crippen molar-refractivity contribution in [2.24, 2.45) is 5.92 Å². The number of carbonyl (C=O) groups is 1. The Kier molecular flexibility index (Phi) is 4.60. The SMILES string of the molecule is O=C(c1cccc2c1OCO2)N1CCN(CC2CCCCC2)CC1. The molecule has 4 rings (SSSR count). The summed E-state index contributed by atoms with van der Waals surface area (Å²) in [5, 5.41) is 0. The van der Waals surface area contributed by atoms with Crippen molar-refractivity contribution in [1.29, 1.82) is 0 Å². The van der Waals surface area contributed by atoms with Crippen molar-refractivity contribution in [3.63, 3.8) is 0 Å². The van der Waals surface area contributed by atoms with Gasteiger partial charge in [-0.15, -0.1) is 0 Å². The molecule has 1 saturated heterocycles. The molecule has 0 aromatic heterocycles. The minimum atomic E-state index is 0.0645. The Bertz CT molecular complexity index is 590. The van der Waals surface area contributed by atoms with E-state index >= 15 is 0 Å². The minimum absolute atomic E-state index is 0.0645. The zero-order valence-corrected chi connectivity index (χ0v) is 14.2. The molecule has 3 aliphatic rings. The van der Waals surface area contributed by atoms with Crippen LogP contribution in [-0.4, -0.2) is 55.2 Å². The van der Waals surface area contributed by atoms with Gasteiger partial charge in [-0.2, -0.15) is 0 Å². The number of hydrogen-bond acceptors (Lipinski definition) is 4. The van der Waals surface area contributed by atoms with Gasteiger partial charge in [-0.05, 0) is 30.9 Å². The van der Waals surface area contributed by atoms with Gasteiger partial charge in [0.1, 0.15) is 0 Å². The lowest BCUT2D eigenvalue weighted by Gasteiger charge is -2.37. The van der Waals surface area contributed by atoms with Crippen LogP contribution in [0.2, 0.25) is 0 Å². The van der Waals surface area contributed by atoms with Crippen molar-refractivity contribution >= 4 is 5.91 Å². The maximum absolute atomic E-state index is 12.8. The number of carbonyl (C=O) groups excluding carboxylic acids is 1. The van der Waals surface area contributed by atoms with E-state index in [1.54, 1.807) is 0 Å². The Morgan fingerprint density at radius 2 is 1.83 bits per heavy atom. The Morgan fingerprint density at radius 3 is 2.62 bits per heavy atom. The first kappa shape index (κ1) is 15.8. The van der Waals surface area contributed by atoms with Gasteiger partial charge in [0.15, 0.2) is 11.5 Å². The van der Waals surface area contributed by atoms with Crippen LogP contribution in [0.25, 0.3) is 0 Å². The summed E-state index contributed by atoms with van der Waals surface area (Å²) in [4.78, 5) is 17.3. The molecule has 1 aromatic carbocycles. The van der Waals surface area contributed by atoms with E-state index in [1.165, 1.54) is 38.6 Å². The largest absolute Gasteiger partial charge is 0.454 e. The number of ether oxygens (including phenoxy) is 2. The standard InChI is InChI=1S/C19H26N2O3/c22-19(16-7-4-8-17-18(16)24-14-23-17)21-11-9-20(10-12-21)13-15-5-2-1-3-6-15/h4,7-8,15H,1-3,5-6,9-14H2. The summed E-state index contributed by atoms with van der Waals surface area (Å²) in [7, 11) is 0. The van der Waals surface area contributed by atoms with Crippen LogP contribution in [0.3, 0.4) is 0 Å². The molecule has 0 N–H and O–H groups in total. The molecule has 2 aliphatic heterocycles. The predicted octanol–water partition coefficient (Wildman–Crippen LogP) is 2.75. The molecule has 1 saturated carbocycles. The molecular formula is C19H26N2O3. The molecule has 0 spiro atoms. The zero-order chi connectivity index (χ0) is 16.4. The van der Waals surface area contributed by atoms with E-state index in [-0.39, 0.29) is 12.7 Å². The van der Waals surface area contributed by atoms with Crippen molar-refractivity contribution < 1.29 is 14.3 Å². The van der Waals surface area contributed by atoms with Crippen molar-refractivity contribution in [1.82, 2.24) is 9.80 Å². The molecule has 1 amide bonds. The molecule has 24 heavy (non-hydrogen) atoms. The van der Waals surface area contributed by atoms with Crippen LogP contribution in [0, 0.1) is 5.92 Å². The average Bonchev–Trinajstić information content (AvgIpc) is 3.11. The van der Waals surface area contributed by atoms with Crippen LogP contribution in [0.4, 0.5) is 0 Å². The highest BCUT2D eigenvalue weighted by molar-refractivity contribution is 5.98. The normalized spacial score (nSPS) is 21.9. The van der Waals surface area contributed by atoms with Crippen LogP contribution < -0.4 is 9.47 Å². The molecule has 1 aliphatic carbocycles. The summed E-state index contributed by atoms with van der Waals surface area (Å²) in [5.74, 6) is 2.21. The van der Waals surface area contributed by atoms with E-state index in [2.05, 4.69) is 4.90 Å². The van der Waals surface area contributed by atoms with Gasteiger partial charge < -0.3 is 14.4 Å². The second kappa shape index (κ2) is 7.01. The second-order valence-corrected chi connectivity index (χ2v) is 7.14. The average molecular weight is 330 g/mol. The topological polar surface area (TPSA) is 42.0 Å². The van der Waals surface area contributed by atoms with Crippen molar-refractivity contribution in [3.8, 4) is 11.5 Å². The third kappa shape index (κ3) is 3.22. The van der Waals surface area contributed by atoms with Crippen LogP contribution in [0.5, 0.6) is 11.5 Å². The van der Waals surface area contributed by atoms with Gasteiger partial charge in [-0.1, -0.05) is 25.3 Å². The van der Waals surface area contributed by atoms with E-state index in [0.29, 0.717) is 17.1 Å². The van der Waals surface area contributed by atoms with Crippen molar-refractivity contribution in [2.45, 2.75) is 32.1 Å². The Hall–Kier alpha value is -1.75. The van der Waals surface area contributed by atoms with E-state index in [0.717, 1.165) is 32.1 Å². The number of amides is 1. The zero-order valence-electron chi connectivity index (χ0n) is 14.2. The Balaban J connectivity index is 1.34. The molecule has 5 nitrogen and oxygen atoms in total. The molecule has 0 radical (unpaired) electrons. The van der Waals surface area contributed by atoms with Gasteiger partial charge in [0.05, 0.1) is 5.56 Å². The minimum Gasteiger partial charge on any atom is -0.454 e. The predicted molar refractivity (Wildman–Crippen MR) is 91.5 cm³/mol. The molecule has 0 atom stereocenters. The Morgan fingerprint density at radius 1 is 1.04 bits per heavy atom. The number of hydrogen-bond donors (Lipinski definition) is 0. The summed E-state index contributed by atoms with van der Waals surface area (Å²) in [6, 6.07) is 5.55. The summed E-state index contributed by atoms with van der Waals surface area (Å²) in [6.45, 7) is 4.98. The third-order valence-corrected chi connectivity index (χ3v) is 5.53. The summed E-state index contributed by atoms with van der Waals surface area (Å²) in [5.41, 5.74) is 0.630. The highest BCUT2D eigenvalue weighted by Gasteiger charge is 2.28. The van der Waals surface area contributed by atoms with Crippen LogP contribution in [0.15, 0.2) is 18.2 Å². The lowest BCUT2D eigenvalue weighted by atomic mass is 9.89. The fourth-order valence-electron chi connectivity index (χ4n) is 4.14. The van der Waals surface area contributed by atoms with Crippen molar-refractivity contribution in [2.75, 3.05) is 39.5 Å². The number of rotatable bonds is 3. The van der Waals surface area contributed by atoms with Gasteiger partial charge in [-0.25, -0.2) is 0 Å². The van der Waals surface area contributed by atoms with E-state index < -0.39 is 0 Å². The Labute approximate surface area is 143 Å². The number of nitrogens with zero attached hydrogens (tertiary/aromatic N) is 2. The fraction of sp³-hybridized carbons (Fsp3) is 0.632. The number of para-hydroxylation sites is 1. The molecule has 2 heterocycles. The monoisotopic (exact) mass is 330 g/mol. The summed E-state index contributed by atoms with van der Waals surface area (Å²) in [6.07, 6.45) is 6.96. The van der Waals surface area contributed by atoms with Gasteiger partial charge in [0.2, 0.25) is 6.79 Å². The second-order valence-electron chi connectivity index (χ2n) is 7.14. The highest BCUT2D eigenvalue weighted by atomic mass is 16.7. The maximum Gasteiger partial charge on any atom is 0.257 e. The van der Waals surface area contributed by atoms with E-state index in [1.807, 2.05) is 23.1 Å². The first-order valence-corrected chi connectivity index (χ1v) is 9.21. The molecule has 2 fully saturated rings. The molecule has 0 unspecified atom stereocenters. The quantitative estimate of drug-likeness (QED) is 0.855. The summed E-state index contributed by atoms with van der Waals surface area (Å²) < 4.78 is 10.9. The molecule has 1 aromatic rings. The maximum atomic E-state index is 12.8. The van der Waals surface area contributed by atoms with E-state index in [9.17, 15) is 4.79 Å². The lowest BCUT2D eigenvalue weighted by molar-refractivity contribution is 0.0602. The van der Waals surface area contributed by atoms with Crippen LogP contribution in [-0.2, 0) is 0 Å². The van der Waals surface area contributed by atoms with Crippen molar-refractivity contribution in [3.05, 3.63) is 23.8 Å². The van der Waals surface area contributed by atoms with E-state index in [4.69, 9.17) is 9.47 Å². The molecule has 5 heteroatoms. The number of benzene rings is 1. The molecule has 0 bridgehead atoms. The third-order valence-electron chi connectivity index (χ3n) is 5.53. The number of piperazine rings is 1. The summed E-state index contributed by atoms with van der Waals surface area (Å²) >= 11 is 0. The van der Waals surface area contributed by atoms with Gasteiger partial charge >= 0.3 is 0 Å². The van der Waals surface area contributed by atoms with Gasteiger partial charge in [0.25, 0.3) is 5.91 Å². The lowest BCUT2D eigenvalue weighted by Crippen LogP contribution is -2.49. The van der Waals surface area contributed by atoms with Crippen LogP contribution >= 0.6 is 0 Å². The first-order valence-electron chi connectivity index (χ1n) is 9.21. The fourth-order valence-corrected chi connectivity index (χ4v) is 4.14. The smallest absolute Gasteiger partial charge is 0.257 e. The first-order chi connectivity index (χ1) is 11.8. The number of fused-ring (bicyclic) bond motifs is 1. The van der Waals surface area contributed by atoms with Gasteiger partial charge in [0, 0.05) is 32.7 Å². The highest BCUT2D eigenvalue weighted by Crippen LogP contribution is 2.36. The van der Waals surface area contributed by atoms with Crippen LogP contribution in [0.1, 0.15) is 42.5 Å². The molecule has 130 valence electrons.